The summed E-state index contributed by atoms with van der Waals surface area (Å²) in [5.41, 5.74) is 2.21. The van der Waals surface area contributed by atoms with Crippen molar-refractivity contribution in [3.05, 3.63) is 40.4 Å². The molecule has 0 amide bonds. The number of rotatable bonds is 4. The second-order valence-corrected chi connectivity index (χ2v) is 5.91. The molecule has 23 heavy (non-hydrogen) atoms. The van der Waals surface area contributed by atoms with Crippen LogP contribution in [0.3, 0.4) is 0 Å². The van der Waals surface area contributed by atoms with E-state index in [9.17, 15) is 8.78 Å². The van der Waals surface area contributed by atoms with E-state index in [-0.39, 0.29) is 5.82 Å². The smallest absolute Gasteiger partial charge is 0.258 e. The number of halogens is 3. The average Bonchev–Trinajstić information content (AvgIpc) is 3.07. The van der Waals surface area contributed by atoms with Crippen molar-refractivity contribution >= 4 is 15.9 Å². The quantitative estimate of drug-likeness (QED) is 0.676. The fraction of sp³-hybridized carbons (Fsp3) is 0.267. The Hall–Kier alpha value is -2.09. The summed E-state index contributed by atoms with van der Waals surface area (Å²) in [4.78, 5) is 8.43. The average molecular weight is 383 g/mol. The molecule has 0 spiro atoms. The zero-order chi connectivity index (χ0) is 16.6. The van der Waals surface area contributed by atoms with Crippen LogP contribution in [0.2, 0.25) is 0 Å². The lowest BCUT2D eigenvalue weighted by Crippen LogP contribution is -2.10. The molecule has 1 aromatic carbocycles. The van der Waals surface area contributed by atoms with E-state index in [2.05, 4.69) is 31.0 Å². The Bertz CT molecular complexity index is 844. The number of aryl methyl sites for hydroxylation is 2. The zero-order valence-corrected chi connectivity index (χ0v) is 14.0. The molecular weight excluding hydrogens is 370 g/mol. The van der Waals surface area contributed by atoms with Gasteiger partial charge in [-0.15, -0.1) is 0 Å². The van der Waals surface area contributed by atoms with Crippen molar-refractivity contribution in [1.29, 1.82) is 0 Å². The SMILES string of the molecule is Cc1ccc(-c2nc(-c3ncoc3C)n(CC(F)F)n2)cc1Br. The molecule has 0 aliphatic rings. The zero-order valence-electron chi connectivity index (χ0n) is 12.4. The first-order valence-corrected chi connectivity index (χ1v) is 7.65. The first-order valence-electron chi connectivity index (χ1n) is 6.85. The van der Waals surface area contributed by atoms with Crippen LogP contribution in [0.4, 0.5) is 8.78 Å². The van der Waals surface area contributed by atoms with Gasteiger partial charge in [-0.25, -0.2) is 23.4 Å². The lowest BCUT2D eigenvalue weighted by molar-refractivity contribution is 0.122. The molecule has 3 aromatic rings. The van der Waals surface area contributed by atoms with Crippen LogP contribution in [-0.2, 0) is 6.54 Å². The molecule has 0 aliphatic heterocycles. The van der Waals surface area contributed by atoms with Gasteiger partial charge in [0.05, 0.1) is 0 Å². The maximum Gasteiger partial charge on any atom is 0.258 e. The van der Waals surface area contributed by atoms with Crippen LogP contribution in [-0.4, -0.2) is 26.2 Å². The standard InChI is InChI=1S/C15H13BrF2N4O/c1-8-3-4-10(5-11(8)16)14-20-15(13-9(2)23-7-19-13)22(21-14)6-12(17)18/h3-5,7,12H,6H2,1-2H3. The van der Waals surface area contributed by atoms with Gasteiger partial charge in [0.2, 0.25) is 0 Å². The third kappa shape index (κ3) is 3.17. The van der Waals surface area contributed by atoms with Gasteiger partial charge >= 0.3 is 0 Å². The maximum atomic E-state index is 12.8. The molecule has 0 saturated heterocycles. The predicted octanol–water partition coefficient (Wildman–Crippen LogP) is 4.24. The largest absolute Gasteiger partial charge is 0.448 e. The predicted molar refractivity (Wildman–Crippen MR) is 84.1 cm³/mol. The van der Waals surface area contributed by atoms with Crippen molar-refractivity contribution in [2.24, 2.45) is 0 Å². The minimum atomic E-state index is -2.54. The van der Waals surface area contributed by atoms with E-state index >= 15 is 0 Å². The summed E-state index contributed by atoms with van der Waals surface area (Å²) in [6, 6.07) is 5.62. The highest BCUT2D eigenvalue weighted by Gasteiger charge is 2.20. The Morgan fingerprint density at radius 3 is 2.70 bits per heavy atom. The Morgan fingerprint density at radius 2 is 2.09 bits per heavy atom. The van der Waals surface area contributed by atoms with Crippen LogP contribution in [0.25, 0.3) is 22.9 Å². The number of nitrogens with zero attached hydrogens (tertiary/aromatic N) is 4. The second-order valence-electron chi connectivity index (χ2n) is 5.05. The summed E-state index contributed by atoms with van der Waals surface area (Å²) in [5, 5.41) is 4.21. The lowest BCUT2D eigenvalue weighted by Gasteiger charge is -2.02. The van der Waals surface area contributed by atoms with Gasteiger partial charge in [-0.1, -0.05) is 28.1 Å². The van der Waals surface area contributed by atoms with E-state index in [0.717, 1.165) is 15.6 Å². The summed E-state index contributed by atoms with van der Waals surface area (Å²) in [6.45, 7) is 3.11. The van der Waals surface area contributed by atoms with Crippen molar-refractivity contribution in [3.63, 3.8) is 0 Å². The fourth-order valence-corrected chi connectivity index (χ4v) is 2.53. The summed E-state index contributed by atoms with van der Waals surface area (Å²) in [7, 11) is 0. The van der Waals surface area contributed by atoms with Gasteiger partial charge in [-0.2, -0.15) is 5.10 Å². The lowest BCUT2D eigenvalue weighted by atomic mass is 10.1. The fourth-order valence-electron chi connectivity index (χ4n) is 2.15. The van der Waals surface area contributed by atoms with Crippen LogP contribution in [0, 0.1) is 13.8 Å². The number of benzene rings is 1. The maximum absolute atomic E-state index is 12.8. The van der Waals surface area contributed by atoms with Crippen molar-refractivity contribution < 1.29 is 13.2 Å². The summed E-state index contributed by atoms with van der Waals surface area (Å²) < 4.78 is 32.9. The van der Waals surface area contributed by atoms with E-state index in [0.29, 0.717) is 17.3 Å². The van der Waals surface area contributed by atoms with Gasteiger partial charge in [0.1, 0.15) is 18.0 Å². The number of alkyl halides is 2. The second kappa shape index (κ2) is 6.19. The Kier molecular flexibility index (Phi) is 4.25. The summed E-state index contributed by atoms with van der Waals surface area (Å²) in [5.74, 6) is 1.14. The Balaban J connectivity index is 2.10. The molecule has 0 fully saturated rings. The topological polar surface area (TPSA) is 56.7 Å². The Labute approximate surface area is 139 Å². The number of hydrogen-bond donors (Lipinski definition) is 0. The van der Waals surface area contributed by atoms with Crippen molar-refractivity contribution in [2.45, 2.75) is 26.8 Å². The molecule has 8 heteroatoms. The van der Waals surface area contributed by atoms with Crippen LogP contribution < -0.4 is 0 Å². The van der Waals surface area contributed by atoms with Crippen molar-refractivity contribution in [1.82, 2.24) is 19.7 Å². The molecule has 0 saturated carbocycles. The molecule has 0 atom stereocenters. The normalized spacial score (nSPS) is 11.4. The Morgan fingerprint density at radius 1 is 1.30 bits per heavy atom. The molecule has 0 aliphatic carbocycles. The highest BCUT2D eigenvalue weighted by atomic mass is 79.9. The number of aromatic nitrogens is 4. The van der Waals surface area contributed by atoms with E-state index in [4.69, 9.17) is 4.42 Å². The molecular formula is C15H13BrF2N4O. The monoisotopic (exact) mass is 382 g/mol. The third-order valence-corrected chi connectivity index (χ3v) is 4.22. The summed E-state index contributed by atoms with van der Waals surface area (Å²) >= 11 is 3.45. The number of oxazole rings is 1. The van der Waals surface area contributed by atoms with Crippen LogP contribution >= 0.6 is 15.9 Å². The third-order valence-electron chi connectivity index (χ3n) is 3.37. The first kappa shape index (κ1) is 15.8. The molecule has 120 valence electrons. The van der Waals surface area contributed by atoms with E-state index in [1.165, 1.54) is 11.1 Å². The number of hydrogen-bond acceptors (Lipinski definition) is 4. The van der Waals surface area contributed by atoms with Gasteiger partial charge in [0.25, 0.3) is 6.43 Å². The molecule has 0 unspecified atom stereocenters. The molecule has 0 radical (unpaired) electrons. The van der Waals surface area contributed by atoms with Crippen LogP contribution in [0.1, 0.15) is 11.3 Å². The van der Waals surface area contributed by atoms with Gasteiger partial charge in [0, 0.05) is 10.0 Å². The van der Waals surface area contributed by atoms with Crippen LogP contribution in [0.15, 0.2) is 33.5 Å². The summed E-state index contributed by atoms with van der Waals surface area (Å²) in [6.07, 6.45) is -1.28. The van der Waals surface area contributed by atoms with E-state index in [1.54, 1.807) is 6.92 Å². The molecule has 0 bridgehead atoms. The minimum absolute atomic E-state index is 0.267. The minimum Gasteiger partial charge on any atom is -0.448 e. The van der Waals surface area contributed by atoms with Crippen LogP contribution in [0.5, 0.6) is 0 Å². The first-order chi connectivity index (χ1) is 11.0. The molecule has 5 nitrogen and oxygen atoms in total. The molecule has 3 rings (SSSR count). The molecule has 2 heterocycles. The molecule has 2 aromatic heterocycles. The van der Waals surface area contributed by atoms with Gasteiger partial charge < -0.3 is 4.42 Å². The van der Waals surface area contributed by atoms with Gasteiger partial charge in [-0.05, 0) is 25.5 Å². The van der Waals surface area contributed by atoms with E-state index in [1.807, 2.05) is 25.1 Å². The van der Waals surface area contributed by atoms with Gasteiger partial charge in [-0.3, -0.25) is 0 Å². The van der Waals surface area contributed by atoms with Crippen molar-refractivity contribution in [3.8, 4) is 22.9 Å². The molecule has 0 N–H and O–H groups in total. The van der Waals surface area contributed by atoms with E-state index < -0.39 is 13.0 Å². The van der Waals surface area contributed by atoms with Gasteiger partial charge in [0.15, 0.2) is 18.0 Å². The highest BCUT2D eigenvalue weighted by Crippen LogP contribution is 2.27. The highest BCUT2D eigenvalue weighted by molar-refractivity contribution is 9.10. The van der Waals surface area contributed by atoms with Crippen molar-refractivity contribution in [2.75, 3.05) is 0 Å².